The third-order valence-corrected chi connectivity index (χ3v) is 7.66. The predicted octanol–water partition coefficient (Wildman–Crippen LogP) is 3.70. The lowest BCUT2D eigenvalue weighted by Crippen LogP contribution is -2.48. The molecule has 0 bridgehead atoms. The van der Waals surface area contributed by atoms with Crippen LogP contribution >= 0.6 is 0 Å². The summed E-state index contributed by atoms with van der Waals surface area (Å²) in [7, 11) is -3.86. The van der Waals surface area contributed by atoms with Gasteiger partial charge in [-0.3, -0.25) is 19.4 Å². The average Bonchev–Trinajstić information content (AvgIpc) is 2.89. The van der Waals surface area contributed by atoms with Gasteiger partial charge in [0.1, 0.15) is 10.6 Å². The van der Waals surface area contributed by atoms with Gasteiger partial charge >= 0.3 is 0 Å². The minimum atomic E-state index is -3.86. The number of amides is 1. The number of nitrogens with one attached hydrogen (secondary N) is 1. The number of nitrogens with zero attached hydrogens (tertiary/aromatic N) is 3. The Balaban J connectivity index is 1.21. The Kier molecular flexibility index (Phi) is 6.58. The fraction of sp³-hybridized carbons (Fsp3) is 0.185. The Labute approximate surface area is 209 Å². The summed E-state index contributed by atoms with van der Waals surface area (Å²) in [5, 5.41) is 10.4. The molecule has 3 aromatic carbocycles. The van der Waals surface area contributed by atoms with Gasteiger partial charge in [0.05, 0.1) is 5.52 Å². The van der Waals surface area contributed by atoms with E-state index < -0.39 is 10.0 Å². The Morgan fingerprint density at radius 1 is 0.917 bits per heavy atom. The fourth-order valence-corrected chi connectivity index (χ4v) is 5.63. The molecule has 1 amide bonds. The smallest absolute Gasteiger partial charge is 0.264 e. The standard InChI is InChI=1S/C27H26N4O4S/c32-24-7-1-4-20(18-24)19-30-14-16-31(17-15-30)27(33)22-9-11-23(12-10-22)29-36(34,35)25-8-2-5-21-6-3-13-28-26(21)25/h1-13,18,29,32H,14-17,19H2. The molecule has 1 saturated heterocycles. The van der Waals surface area contributed by atoms with Gasteiger partial charge in [0.25, 0.3) is 15.9 Å². The molecule has 0 atom stereocenters. The van der Waals surface area contributed by atoms with Gasteiger partial charge < -0.3 is 10.0 Å². The number of aromatic nitrogens is 1. The van der Waals surface area contributed by atoms with Gasteiger partial charge in [0.15, 0.2) is 0 Å². The zero-order chi connectivity index (χ0) is 25.1. The number of phenolic OH excluding ortho intramolecular Hbond substituents is 1. The van der Waals surface area contributed by atoms with Crippen molar-refractivity contribution >= 4 is 32.5 Å². The van der Waals surface area contributed by atoms with Crippen LogP contribution in [0.5, 0.6) is 5.75 Å². The molecule has 2 heterocycles. The highest BCUT2D eigenvalue weighted by molar-refractivity contribution is 7.93. The first-order chi connectivity index (χ1) is 17.4. The molecular formula is C27H26N4O4S. The molecule has 9 heteroatoms. The number of benzene rings is 3. The molecule has 8 nitrogen and oxygen atoms in total. The van der Waals surface area contributed by atoms with E-state index in [0.29, 0.717) is 29.9 Å². The molecule has 36 heavy (non-hydrogen) atoms. The van der Waals surface area contributed by atoms with Crippen molar-refractivity contribution in [3.05, 3.63) is 96.2 Å². The normalized spacial score (nSPS) is 14.6. The van der Waals surface area contributed by atoms with Gasteiger partial charge in [-0.2, -0.15) is 0 Å². The van der Waals surface area contributed by atoms with Crippen LogP contribution < -0.4 is 4.72 Å². The molecule has 1 aliphatic heterocycles. The lowest BCUT2D eigenvalue weighted by molar-refractivity contribution is 0.0628. The van der Waals surface area contributed by atoms with Gasteiger partial charge in [-0.25, -0.2) is 8.42 Å². The largest absolute Gasteiger partial charge is 0.508 e. The number of phenols is 1. The van der Waals surface area contributed by atoms with Crippen LogP contribution in [0.3, 0.4) is 0 Å². The van der Waals surface area contributed by atoms with E-state index in [9.17, 15) is 18.3 Å². The molecule has 2 N–H and O–H groups in total. The Hall–Kier alpha value is -3.95. The van der Waals surface area contributed by atoms with Crippen LogP contribution in [0.4, 0.5) is 5.69 Å². The van der Waals surface area contributed by atoms with E-state index >= 15 is 0 Å². The van der Waals surface area contributed by atoms with Crippen LogP contribution in [0.1, 0.15) is 15.9 Å². The molecule has 0 unspecified atom stereocenters. The third kappa shape index (κ3) is 5.17. The molecule has 184 valence electrons. The number of sulfonamides is 1. The summed E-state index contributed by atoms with van der Waals surface area (Å²) in [6.07, 6.45) is 1.56. The first-order valence-corrected chi connectivity index (χ1v) is 13.1. The number of aromatic hydroxyl groups is 1. The van der Waals surface area contributed by atoms with E-state index in [0.717, 1.165) is 30.6 Å². The van der Waals surface area contributed by atoms with Gasteiger partial charge in [-0.05, 0) is 54.1 Å². The predicted molar refractivity (Wildman–Crippen MR) is 138 cm³/mol. The maximum absolute atomic E-state index is 13.0. The fourth-order valence-electron chi connectivity index (χ4n) is 4.39. The highest BCUT2D eigenvalue weighted by Gasteiger charge is 2.23. The molecule has 0 aliphatic carbocycles. The zero-order valence-corrected chi connectivity index (χ0v) is 20.4. The summed E-state index contributed by atoms with van der Waals surface area (Å²) >= 11 is 0. The van der Waals surface area contributed by atoms with Crippen molar-refractivity contribution < 1.29 is 18.3 Å². The number of piperazine rings is 1. The molecule has 0 radical (unpaired) electrons. The minimum absolute atomic E-state index is 0.0836. The number of pyridine rings is 1. The first kappa shape index (κ1) is 23.8. The van der Waals surface area contributed by atoms with Crippen LogP contribution in [-0.2, 0) is 16.6 Å². The quantitative estimate of drug-likeness (QED) is 0.417. The van der Waals surface area contributed by atoms with Gasteiger partial charge in [0, 0.05) is 55.6 Å². The molecule has 1 aliphatic rings. The number of carbonyl (C=O) groups is 1. The van der Waals surface area contributed by atoms with Crippen LogP contribution in [-0.4, -0.2) is 60.4 Å². The molecule has 0 spiro atoms. The van der Waals surface area contributed by atoms with Gasteiger partial charge in [0.2, 0.25) is 0 Å². The average molecular weight is 503 g/mol. The number of anilines is 1. The summed E-state index contributed by atoms with van der Waals surface area (Å²) in [6, 6.07) is 22.3. The van der Waals surface area contributed by atoms with Crippen molar-refractivity contribution in [2.75, 3.05) is 30.9 Å². The number of carbonyl (C=O) groups excluding carboxylic acids is 1. The maximum atomic E-state index is 13.0. The summed E-state index contributed by atoms with van der Waals surface area (Å²) < 4.78 is 28.6. The lowest BCUT2D eigenvalue weighted by atomic mass is 10.1. The number of rotatable bonds is 6. The number of hydrogen-bond acceptors (Lipinski definition) is 6. The van der Waals surface area contributed by atoms with Crippen molar-refractivity contribution in [2.24, 2.45) is 0 Å². The maximum Gasteiger partial charge on any atom is 0.264 e. The highest BCUT2D eigenvalue weighted by Crippen LogP contribution is 2.24. The molecule has 1 aromatic heterocycles. The summed E-state index contributed by atoms with van der Waals surface area (Å²) in [4.78, 5) is 21.4. The molecular weight excluding hydrogens is 476 g/mol. The van der Waals surface area contributed by atoms with Crippen LogP contribution in [0.2, 0.25) is 0 Å². The SMILES string of the molecule is O=C(c1ccc(NS(=O)(=O)c2cccc3cccnc23)cc1)N1CCN(Cc2cccc(O)c2)CC1. The summed E-state index contributed by atoms with van der Waals surface area (Å²) in [5.74, 6) is 0.167. The van der Waals surface area contributed by atoms with E-state index in [1.54, 1.807) is 59.6 Å². The van der Waals surface area contributed by atoms with Crippen molar-refractivity contribution in [1.29, 1.82) is 0 Å². The van der Waals surface area contributed by atoms with Crippen LogP contribution in [0.25, 0.3) is 10.9 Å². The lowest BCUT2D eigenvalue weighted by Gasteiger charge is -2.34. The highest BCUT2D eigenvalue weighted by atomic mass is 32.2. The summed E-state index contributed by atoms with van der Waals surface area (Å²) in [6.45, 7) is 3.38. The van der Waals surface area contributed by atoms with Gasteiger partial charge in [-0.15, -0.1) is 0 Å². The number of hydrogen-bond donors (Lipinski definition) is 2. The second-order valence-corrected chi connectivity index (χ2v) is 10.4. The van der Waals surface area contributed by atoms with Crippen molar-refractivity contribution in [3.63, 3.8) is 0 Å². The summed E-state index contributed by atoms with van der Waals surface area (Å²) in [5.41, 5.74) is 2.32. The van der Waals surface area contributed by atoms with Crippen molar-refractivity contribution in [3.8, 4) is 5.75 Å². The minimum Gasteiger partial charge on any atom is -0.508 e. The van der Waals surface area contributed by atoms with E-state index in [1.807, 2.05) is 24.3 Å². The second-order valence-electron chi connectivity index (χ2n) is 8.75. The van der Waals surface area contributed by atoms with E-state index in [4.69, 9.17) is 0 Å². The molecule has 4 aromatic rings. The number of para-hydroxylation sites is 1. The Morgan fingerprint density at radius 2 is 1.64 bits per heavy atom. The monoisotopic (exact) mass is 502 g/mol. The first-order valence-electron chi connectivity index (χ1n) is 11.7. The Morgan fingerprint density at radius 3 is 2.39 bits per heavy atom. The van der Waals surface area contributed by atoms with Crippen molar-refractivity contribution in [2.45, 2.75) is 11.4 Å². The van der Waals surface area contributed by atoms with E-state index in [-0.39, 0.29) is 16.6 Å². The Bertz CT molecular complexity index is 1490. The van der Waals surface area contributed by atoms with Crippen molar-refractivity contribution in [1.82, 2.24) is 14.8 Å². The topological polar surface area (TPSA) is 103 Å². The van der Waals surface area contributed by atoms with Crippen LogP contribution in [0, 0.1) is 0 Å². The van der Waals surface area contributed by atoms with Crippen LogP contribution in [0.15, 0.2) is 90.0 Å². The van der Waals surface area contributed by atoms with E-state index in [2.05, 4.69) is 14.6 Å². The molecule has 1 fully saturated rings. The number of fused-ring (bicyclic) bond motifs is 1. The van der Waals surface area contributed by atoms with Gasteiger partial charge in [-0.1, -0.05) is 30.3 Å². The molecule has 0 saturated carbocycles. The second kappa shape index (κ2) is 9.96. The van der Waals surface area contributed by atoms with E-state index in [1.165, 1.54) is 6.07 Å². The molecule has 5 rings (SSSR count). The third-order valence-electron chi connectivity index (χ3n) is 6.25. The zero-order valence-electron chi connectivity index (χ0n) is 19.5.